The molecular weight excluding hydrogens is 296 g/mol. The normalized spacial score (nSPS) is 14.9. The summed E-state index contributed by atoms with van der Waals surface area (Å²) in [5.41, 5.74) is 3.68. The van der Waals surface area contributed by atoms with Crippen molar-refractivity contribution in [1.29, 1.82) is 0 Å². The molecule has 0 spiro atoms. The van der Waals surface area contributed by atoms with Gasteiger partial charge in [0, 0.05) is 13.1 Å². The van der Waals surface area contributed by atoms with Gasteiger partial charge in [0.25, 0.3) is 0 Å². The quantitative estimate of drug-likeness (QED) is 0.926. The van der Waals surface area contributed by atoms with E-state index in [0.717, 1.165) is 42.9 Å². The van der Waals surface area contributed by atoms with E-state index in [0.29, 0.717) is 6.54 Å². The van der Waals surface area contributed by atoms with E-state index in [1.165, 1.54) is 22.7 Å². The van der Waals surface area contributed by atoms with Crippen LogP contribution in [0.15, 0.2) is 24.3 Å². The van der Waals surface area contributed by atoms with Crippen LogP contribution >= 0.6 is 11.5 Å². The molecule has 0 aliphatic carbocycles. The second kappa shape index (κ2) is 6.87. The van der Waals surface area contributed by atoms with Crippen molar-refractivity contribution in [2.24, 2.45) is 0 Å². The first-order chi connectivity index (χ1) is 10.7. The predicted octanol–water partition coefficient (Wildman–Crippen LogP) is 2.55. The Labute approximate surface area is 134 Å². The number of carbonyl (C=O) groups is 1. The molecule has 6 heteroatoms. The first kappa shape index (κ1) is 15.0. The van der Waals surface area contributed by atoms with Crippen LogP contribution in [0, 0.1) is 6.92 Å². The summed E-state index contributed by atoms with van der Waals surface area (Å²) in [7, 11) is 0. The third kappa shape index (κ3) is 3.44. The Bertz CT molecular complexity index is 655. The topological polar surface area (TPSA) is 58.1 Å². The van der Waals surface area contributed by atoms with E-state index in [-0.39, 0.29) is 6.03 Å². The van der Waals surface area contributed by atoms with Gasteiger partial charge in [-0.1, -0.05) is 28.8 Å². The van der Waals surface area contributed by atoms with Gasteiger partial charge in [-0.05, 0) is 48.8 Å². The Morgan fingerprint density at radius 3 is 2.77 bits per heavy atom. The third-order valence-corrected chi connectivity index (χ3v) is 4.90. The first-order valence-electron chi connectivity index (χ1n) is 7.61. The summed E-state index contributed by atoms with van der Waals surface area (Å²) in [4.78, 5) is 15.3. The van der Waals surface area contributed by atoms with E-state index in [1.54, 1.807) is 0 Å². The predicted molar refractivity (Wildman–Crippen MR) is 86.9 cm³/mol. The number of carbonyl (C=O) groups excluding carboxylic acids is 1. The van der Waals surface area contributed by atoms with Gasteiger partial charge in [0.15, 0.2) is 0 Å². The Morgan fingerprint density at radius 2 is 2.05 bits per heavy atom. The fraction of sp³-hybridized carbons (Fsp3) is 0.438. The summed E-state index contributed by atoms with van der Waals surface area (Å²) >= 11 is 1.34. The van der Waals surface area contributed by atoms with Crippen LogP contribution in [0.4, 0.5) is 4.79 Å². The number of rotatable bonds is 2. The van der Waals surface area contributed by atoms with Gasteiger partial charge in [0.1, 0.15) is 0 Å². The highest BCUT2D eigenvalue weighted by molar-refractivity contribution is 7.05. The minimum atomic E-state index is 0.00665. The monoisotopic (exact) mass is 316 g/mol. The van der Waals surface area contributed by atoms with Crippen molar-refractivity contribution in [3.8, 4) is 0 Å². The largest absolute Gasteiger partial charge is 0.333 e. The molecule has 1 aromatic carbocycles. The van der Waals surface area contributed by atoms with Crippen molar-refractivity contribution in [2.75, 3.05) is 13.1 Å². The summed E-state index contributed by atoms with van der Waals surface area (Å²) in [6, 6.07) is 8.54. The highest BCUT2D eigenvalue weighted by atomic mass is 32.1. The number of hydrogen-bond donors (Lipinski definition) is 1. The molecule has 0 atom stereocenters. The molecule has 0 saturated carbocycles. The van der Waals surface area contributed by atoms with Crippen molar-refractivity contribution in [3.05, 3.63) is 46.0 Å². The number of urea groups is 1. The second-order valence-corrected chi connectivity index (χ2v) is 6.39. The number of nitrogens with zero attached hydrogens (tertiary/aromatic N) is 3. The molecule has 0 unspecified atom stereocenters. The lowest BCUT2D eigenvalue weighted by Gasteiger charge is -2.26. The molecule has 116 valence electrons. The van der Waals surface area contributed by atoms with E-state index >= 15 is 0 Å². The first-order valence-corrected chi connectivity index (χ1v) is 8.39. The van der Waals surface area contributed by atoms with Crippen LogP contribution < -0.4 is 5.32 Å². The Morgan fingerprint density at radius 1 is 1.27 bits per heavy atom. The van der Waals surface area contributed by atoms with E-state index in [2.05, 4.69) is 39.2 Å². The number of nitrogens with one attached hydrogen (secondary N) is 1. The lowest BCUT2D eigenvalue weighted by Crippen LogP contribution is -2.42. The number of hydrogen-bond acceptors (Lipinski definition) is 4. The molecule has 1 aliphatic heterocycles. The summed E-state index contributed by atoms with van der Waals surface area (Å²) < 4.78 is 3.89. The molecule has 2 amide bonds. The second-order valence-electron chi connectivity index (χ2n) is 5.55. The summed E-state index contributed by atoms with van der Waals surface area (Å²) in [6.07, 6.45) is 2.97. The standard InChI is InChI=1S/C16H20N4OS/c1-12-15(22-19-18-12)11-17-16(21)20-9-4-7-13-5-2-3-6-14(13)8-10-20/h2-3,5-6H,4,7-11H2,1H3,(H,17,21). The molecule has 5 nitrogen and oxygen atoms in total. The van der Waals surface area contributed by atoms with Crippen LogP contribution in [-0.4, -0.2) is 33.6 Å². The fourth-order valence-electron chi connectivity index (χ4n) is 2.76. The van der Waals surface area contributed by atoms with Crippen LogP contribution in [0.25, 0.3) is 0 Å². The van der Waals surface area contributed by atoms with Gasteiger partial charge < -0.3 is 10.2 Å². The Hall–Kier alpha value is -1.95. The number of aryl methyl sites for hydroxylation is 2. The maximum atomic E-state index is 12.4. The number of benzene rings is 1. The highest BCUT2D eigenvalue weighted by Crippen LogP contribution is 2.16. The number of fused-ring (bicyclic) bond motifs is 1. The van der Waals surface area contributed by atoms with Gasteiger partial charge in [-0.3, -0.25) is 0 Å². The van der Waals surface area contributed by atoms with Gasteiger partial charge >= 0.3 is 6.03 Å². The lowest BCUT2D eigenvalue weighted by atomic mass is 9.98. The van der Waals surface area contributed by atoms with Gasteiger partial charge in [0.2, 0.25) is 0 Å². The van der Waals surface area contributed by atoms with Crippen molar-refractivity contribution in [1.82, 2.24) is 19.8 Å². The van der Waals surface area contributed by atoms with Gasteiger partial charge in [-0.25, -0.2) is 4.79 Å². The zero-order valence-corrected chi connectivity index (χ0v) is 13.5. The van der Waals surface area contributed by atoms with Gasteiger partial charge in [0.05, 0.1) is 17.1 Å². The van der Waals surface area contributed by atoms with E-state index in [4.69, 9.17) is 0 Å². The van der Waals surface area contributed by atoms with Crippen LogP contribution in [0.1, 0.15) is 28.1 Å². The average molecular weight is 316 g/mol. The number of aromatic nitrogens is 2. The molecule has 22 heavy (non-hydrogen) atoms. The maximum Gasteiger partial charge on any atom is 0.317 e. The molecule has 1 aliphatic rings. The van der Waals surface area contributed by atoms with Crippen LogP contribution in [-0.2, 0) is 19.4 Å². The van der Waals surface area contributed by atoms with Crippen molar-refractivity contribution in [2.45, 2.75) is 32.7 Å². The average Bonchev–Trinajstić information content (AvgIpc) is 2.91. The van der Waals surface area contributed by atoms with E-state index < -0.39 is 0 Å². The summed E-state index contributed by atoms with van der Waals surface area (Å²) in [5.74, 6) is 0. The van der Waals surface area contributed by atoms with Crippen molar-refractivity contribution >= 4 is 17.6 Å². The molecular formula is C16H20N4OS. The lowest BCUT2D eigenvalue weighted by molar-refractivity contribution is 0.196. The van der Waals surface area contributed by atoms with E-state index in [9.17, 15) is 4.79 Å². The molecule has 3 rings (SSSR count). The minimum Gasteiger partial charge on any atom is -0.333 e. The van der Waals surface area contributed by atoms with Gasteiger partial charge in [-0.2, -0.15) is 0 Å². The molecule has 0 saturated heterocycles. The van der Waals surface area contributed by atoms with Crippen LogP contribution in [0.3, 0.4) is 0 Å². The summed E-state index contributed by atoms with van der Waals surface area (Å²) in [6.45, 7) is 4.00. The smallest absolute Gasteiger partial charge is 0.317 e. The zero-order valence-electron chi connectivity index (χ0n) is 12.7. The minimum absolute atomic E-state index is 0.00665. The molecule has 1 N–H and O–H groups in total. The van der Waals surface area contributed by atoms with E-state index in [1.807, 2.05) is 11.8 Å². The highest BCUT2D eigenvalue weighted by Gasteiger charge is 2.17. The summed E-state index contributed by atoms with van der Waals surface area (Å²) in [5, 5.41) is 6.95. The molecule has 1 aromatic heterocycles. The number of amides is 2. The van der Waals surface area contributed by atoms with Crippen molar-refractivity contribution < 1.29 is 4.79 Å². The Kier molecular flexibility index (Phi) is 4.68. The molecule has 2 heterocycles. The molecule has 0 radical (unpaired) electrons. The molecule has 2 aromatic rings. The molecule has 0 bridgehead atoms. The fourth-order valence-corrected chi connectivity index (χ4v) is 3.33. The van der Waals surface area contributed by atoms with Crippen molar-refractivity contribution in [3.63, 3.8) is 0 Å². The Balaban J connectivity index is 1.58. The molecule has 0 fully saturated rings. The van der Waals surface area contributed by atoms with Crippen LogP contribution in [0.5, 0.6) is 0 Å². The third-order valence-electron chi connectivity index (χ3n) is 4.08. The van der Waals surface area contributed by atoms with Crippen LogP contribution in [0.2, 0.25) is 0 Å². The SMILES string of the molecule is Cc1nnsc1CNC(=O)N1CCCc2ccccc2CC1. The zero-order chi connectivity index (χ0) is 15.4. The maximum absolute atomic E-state index is 12.4. The van der Waals surface area contributed by atoms with Gasteiger partial charge in [-0.15, -0.1) is 5.10 Å².